The summed E-state index contributed by atoms with van der Waals surface area (Å²) in [5, 5.41) is 3.01. The van der Waals surface area contributed by atoms with Gasteiger partial charge in [-0.3, -0.25) is 4.79 Å². The highest BCUT2D eigenvalue weighted by molar-refractivity contribution is 5.94. The molecular weight excluding hydrogens is 340 g/mol. The van der Waals surface area contributed by atoms with Gasteiger partial charge in [-0.25, -0.2) is 4.98 Å². The van der Waals surface area contributed by atoms with Gasteiger partial charge in [0.1, 0.15) is 18.2 Å². The van der Waals surface area contributed by atoms with Crippen molar-refractivity contribution < 1.29 is 9.53 Å². The number of carbonyl (C=O) groups excluding carboxylic acids is 1. The zero-order chi connectivity index (χ0) is 19.1. The molecule has 2 heterocycles. The van der Waals surface area contributed by atoms with E-state index >= 15 is 0 Å². The van der Waals surface area contributed by atoms with Crippen LogP contribution in [0.3, 0.4) is 0 Å². The normalized spacial score (nSPS) is 17.6. The third-order valence-corrected chi connectivity index (χ3v) is 5.25. The minimum atomic E-state index is -0.0302. The molecule has 3 rings (SSSR count). The number of carbonyl (C=O) groups is 1. The van der Waals surface area contributed by atoms with E-state index in [0.717, 1.165) is 24.5 Å². The number of rotatable bonds is 8. The third kappa shape index (κ3) is 5.57. The second kappa shape index (κ2) is 9.55. The van der Waals surface area contributed by atoms with E-state index in [4.69, 9.17) is 4.74 Å². The summed E-state index contributed by atoms with van der Waals surface area (Å²) in [5.41, 5.74) is 0.658. The lowest BCUT2D eigenvalue weighted by atomic mass is 10.0. The maximum Gasteiger partial charge on any atom is 0.251 e. The van der Waals surface area contributed by atoms with Crippen molar-refractivity contribution in [1.29, 1.82) is 0 Å². The van der Waals surface area contributed by atoms with Gasteiger partial charge in [0.25, 0.3) is 5.91 Å². The molecule has 2 aromatic rings. The number of likely N-dealkylation sites (tertiary alicyclic amines) is 1. The van der Waals surface area contributed by atoms with Crippen LogP contribution in [0.4, 0.5) is 0 Å². The molecule has 0 spiro atoms. The fourth-order valence-electron chi connectivity index (χ4n) is 3.46. The van der Waals surface area contributed by atoms with Crippen LogP contribution in [0.15, 0.2) is 36.7 Å². The Kier molecular flexibility index (Phi) is 6.87. The van der Waals surface area contributed by atoms with Crippen molar-refractivity contribution in [1.82, 2.24) is 19.8 Å². The minimum Gasteiger partial charge on any atom is -0.486 e. The number of nitrogens with one attached hydrogen (secondary N) is 1. The number of hydrogen-bond donors (Lipinski definition) is 1. The van der Waals surface area contributed by atoms with E-state index in [1.807, 2.05) is 29.9 Å². The molecule has 146 valence electrons. The Morgan fingerprint density at radius 1 is 1.30 bits per heavy atom. The number of nitrogens with zero attached hydrogens (tertiary/aromatic N) is 3. The predicted octanol–water partition coefficient (Wildman–Crippen LogP) is 2.99. The SMILES string of the molecule is CC1CCCCN1CCCNC(=O)c1ccc(OCc2nccn2C)cc1. The van der Waals surface area contributed by atoms with Gasteiger partial charge in [0.05, 0.1) is 0 Å². The number of hydrogen-bond acceptors (Lipinski definition) is 4. The van der Waals surface area contributed by atoms with Crippen LogP contribution in [0.25, 0.3) is 0 Å². The molecule has 0 bridgehead atoms. The largest absolute Gasteiger partial charge is 0.486 e. The molecule has 0 saturated carbocycles. The number of ether oxygens (including phenoxy) is 1. The predicted molar refractivity (Wildman–Crippen MR) is 106 cm³/mol. The molecule has 1 aliphatic rings. The van der Waals surface area contributed by atoms with Crippen molar-refractivity contribution in [3.05, 3.63) is 48.0 Å². The molecule has 0 radical (unpaired) electrons. The molecular formula is C21H30N4O2. The van der Waals surface area contributed by atoms with E-state index in [0.29, 0.717) is 24.8 Å². The molecule has 1 saturated heterocycles. The maximum absolute atomic E-state index is 12.3. The van der Waals surface area contributed by atoms with Crippen LogP contribution in [-0.2, 0) is 13.7 Å². The molecule has 6 heteroatoms. The number of aryl methyl sites for hydroxylation is 1. The van der Waals surface area contributed by atoms with Gasteiger partial charge in [0.2, 0.25) is 0 Å². The Morgan fingerprint density at radius 2 is 2.11 bits per heavy atom. The summed E-state index contributed by atoms with van der Waals surface area (Å²) >= 11 is 0. The van der Waals surface area contributed by atoms with E-state index < -0.39 is 0 Å². The molecule has 1 atom stereocenters. The van der Waals surface area contributed by atoms with Crippen molar-refractivity contribution >= 4 is 5.91 Å². The second-order valence-electron chi connectivity index (χ2n) is 7.26. The van der Waals surface area contributed by atoms with Crippen LogP contribution in [0.5, 0.6) is 5.75 Å². The van der Waals surface area contributed by atoms with Gasteiger partial charge in [0.15, 0.2) is 0 Å². The van der Waals surface area contributed by atoms with Crippen LogP contribution in [-0.4, -0.2) is 46.0 Å². The lowest BCUT2D eigenvalue weighted by Gasteiger charge is -2.33. The lowest BCUT2D eigenvalue weighted by molar-refractivity contribution is 0.0949. The van der Waals surface area contributed by atoms with Gasteiger partial charge >= 0.3 is 0 Å². The average molecular weight is 370 g/mol. The minimum absolute atomic E-state index is 0.0302. The fraction of sp³-hybridized carbons (Fsp3) is 0.524. The topological polar surface area (TPSA) is 59.4 Å². The van der Waals surface area contributed by atoms with Gasteiger partial charge in [0, 0.05) is 44.1 Å². The molecule has 1 fully saturated rings. The molecule has 0 aliphatic carbocycles. The van der Waals surface area contributed by atoms with E-state index in [1.165, 1.54) is 25.8 Å². The van der Waals surface area contributed by atoms with E-state index in [1.54, 1.807) is 18.3 Å². The maximum atomic E-state index is 12.3. The fourth-order valence-corrected chi connectivity index (χ4v) is 3.46. The van der Waals surface area contributed by atoms with E-state index in [2.05, 4.69) is 22.1 Å². The monoisotopic (exact) mass is 370 g/mol. The summed E-state index contributed by atoms with van der Waals surface area (Å²) in [5.74, 6) is 1.56. The van der Waals surface area contributed by atoms with Crippen LogP contribution in [0, 0.1) is 0 Å². The van der Waals surface area contributed by atoms with Crippen LogP contribution in [0.2, 0.25) is 0 Å². The van der Waals surface area contributed by atoms with Crippen molar-refractivity contribution in [2.75, 3.05) is 19.6 Å². The van der Waals surface area contributed by atoms with Crippen molar-refractivity contribution in [3.8, 4) is 5.75 Å². The number of imidazole rings is 1. The number of benzene rings is 1. The van der Waals surface area contributed by atoms with Gasteiger partial charge < -0.3 is 19.5 Å². The first kappa shape index (κ1) is 19.4. The van der Waals surface area contributed by atoms with E-state index in [-0.39, 0.29) is 5.91 Å². The van der Waals surface area contributed by atoms with Crippen LogP contribution < -0.4 is 10.1 Å². The smallest absolute Gasteiger partial charge is 0.251 e. The summed E-state index contributed by atoms with van der Waals surface area (Å²) in [6.45, 7) is 5.66. The Bertz CT molecular complexity index is 726. The second-order valence-corrected chi connectivity index (χ2v) is 7.26. The van der Waals surface area contributed by atoms with Gasteiger partial charge in [-0.1, -0.05) is 6.42 Å². The van der Waals surface area contributed by atoms with Gasteiger partial charge in [-0.05, 0) is 57.0 Å². The third-order valence-electron chi connectivity index (χ3n) is 5.25. The molecule has 6 nitrogen and oxygen atoms in total. The van der Waals surface area contributed by atoms with E-state index in [9.17, 15) is 4.79 Å². The highest BCUT2D eigenvalue weighted by Crippen LogP contribution is 2.16. The van der Waals surface area contributed by atoms with Crippen LogP contribution >= 0.6 is 0 Å². The first-order valence-electron chi connectivity index (χ1n) is 9.85. The quantitative estimate of drug-likeness (QED) is 0.726. The van der Waals surface area contributed by atoms with Crippen molar-refractivity contribution in [2.45, 2.75) is 45.3 Å². The molecule has 1 amide bonds. The van der Waals surface area contributed by atoms with Crippen molar-refractivity contribution in [3.63, 3.8) is 0 Å². The van der Waals surface area contributed by atoms with Crippen LogP contribution in [0.1, 0.15) is 48.8 Å². The molecule has 1 N–H and O–H groups in total. The lowest BCUT2D eigenvalue weighted by Crippen LogP contribution is -2.39. The van der Waals surface area contributed by atoms with Crippen molar-refractivity contribution in [2.24, 2.45) is 7.05 Å². The number of amides is 1. The molecule has 1 aliphatic heterocycles. The Labute approximate surface area is 161 Å². The summed E-state index contributed by atoms with van der Waals surface area (Å²) in [6, 6.07) is 7.93. The Morgan fingerprint density at radius 3 is 2.81 bits per heavy atom. The van der Waals surface area contributed by atoms with Gasteiger partial charge in [-0.2, -0.15) is 0 Å². The van der Waals surface area contributed by atoms with Gasteiger partial charge in [-0.15, -0.1) is 0 Å². The number of piperidine rings is 1. The molecule has 27 heavy (non-hydrogen) atoms. The summed E-state index contributed by atoms with van der Waals surface area (Å²) in [6.07, 6.45) is 8.55. The zero-order valence-corrected chi connectivity index (χ0v) is 16.4. The molecule has 1 aromatic carbocycles. The first-order chi connectivity index (χ1) is 13.1. The first-order valence-corrected chi connectivity index (χ1v) is 9.85. The number of aromatic nitrogens is 2. The summed E-state index contributed by atoms with van der Waals surface area (Å²) in [4.78, 5) is 19.0. The Balaban J connectivity index is 1.39. The highest BCUT2D eigenvalue weighted by Gasteiger charge is 2.17. The molecule has 1 aromatic heterocycles. The Hall–Kier alpha value is -2.34. The molecule has 1 unspecified atom stereocenters. The zero-order valence-electron chi connectivity index (χ0n) is 16.4. The summed E-state index contributed by atoms with van der Waals surface area (Å²) in [7, 11) is 1.94. The average Bonchev–Trinajstić information content (AvgIpc) is 3.10. The highest BCUT2D eigenvalue weighted by atomic mass is 16.5. The standard InChI is InChI=1S/C21H30N4O2/c1-17-6-3-4-13-25(17)14-5-11-23-21(26)18-7-9-19(10-8-18)27-16-20-22-12-15-24(20)2/h7-10,12,15,17H,3-6,11,13-14,16H2,1-2H3,(H,23,26). The summed E-state index contributed by atoms with van der Waals surface area (Å²) < 4.78 is 7.64.